The minimum absolute atomic E-state index is 0.000329. The monoisotopic (exact) mass is 352 g/mol. The van der Waals surface area contributed by atoms with Gasteiger partial charge in [-0.05, 0) is 44.2 Å². The summed E-state index contributed by atoms with van der Waals surface area (Å²) in [7, 11) is 0. The van der Waals surface area contributed by atoms with E-state index >= 15 is 0 Å². The molecule has 0 radical (unpaired) electrons. The van der Waals surface area contributed by atoms with Crippen LogP contribution in [0.3, 0.4) is 0 Å². The third-order valence-corrected chi connectivity index (χ3v) is 5.03. The van der Waals surface area contributed by atoms with Crippen LogP contribution in [0.2, 0.25) is 0 Å². The quantitative estimate of drug-likeness (QED) is 0.828. The average Bonchev–Trinajstić information content (AvgIpc) is 2.69. The zero-order valence-corrected chi connectivity index (χ0v) is 16.0. The molecule has 1 aromatic heterocycles. The molecule has 1 aliphatic heterocycles. The van der Waals surface area contributed by atoms with Gasteiger partial charge in [0.15, 0.2) is 0 Å². The lowest BCUT2D eigenvalue weighted by molar-refractivity contribution is 0.0988. The maximum Gasteiger partial charge on any atom is 0.259 e. The number of pyridine rings is 1. The molecule has 1 amide bonds. The minimum atomic E-state index is -0.000329. The maximum atomic E-state index is 13.1. The van der Waals surface area contributed by atoms with Crippen molar-refractivity contribution in [2.75, 3.05) is 49.1 Å². The Kier molecular flexibility index (Phi) is 5.89. The number of anilines is 2. The van der Waals surface area contributed by atoms with Crippen LogP contribution >= 0.6 is 0 Å². The van der Waals surface area contributed by atoms with E-state index in [2.05, 4.69) is 21.7 Å². The van der Waals surface area contributed by atoms with Crippen molar-refractivity contribution in [2.45, 2.75) is 20.8 Å². The van der Waals surface area contributed by atoms with Crippen molar-refractivity contribution in [3.8, 4) is 0 Å². The van der Waals surface area contributed by atoms with Crippen molar-refractivity contribution in [3.63, 3.8) is 0 Å². The maximum absolute atomic E-state index is 13.1. The lowest BCUT2D eigenvalue weighted by Crippen LogP contribution is -2.46. The normalized spacial score (nSPS) is 15.1. The van der Waals surface area contributed by atoms with E-state index in [1.54, 1.807) is 6.20 Å². The smallest absolute Gasteiger partial charge is 0.259 e. The second kappa shape index (κ2) is 8.32. The fourth-order valence-corrected chi connectivity index (χ4v) is 3.44. The fraction of sp³-hybridized carbons (Fsp3) is 0.429. The van der Waals surface area contributed by atoms with E-state index in [4.69, 9.17) is 0 Å². The molecule has 0 spiro atoms. The number of likely N-dealkylation sites (N-methyl/N-ethyl adjacent to an activating group) is 1. The van der Waals surface area contributed by atoms with Crippen molar-refractivity contribution in [3.05, 3.63) is 53.9 Å². The Hall–Kier alpha value is -2.40. The summed E-state index contributed by atoms with van der Waals surface area (Å²) in [4.78, 5) is 24.0. The van der Waals surface area contributed by atoms with Crippen molar-refractivity contribution in [2.24, 2.45) is 0 Å². The summed E-state index contributed by atoms with van der Waals surface area (Å²) < 4.78 is 0. The summed E-state index contributed by atoms with van der Waals surface area (Å²) in [5.41, 5.74) is 3.75. The lowest BCUT2D eigenvalue weighted by Gasteiger charge is -2.35. The van der Waals surface area contributed by atoms with Crippen LogP contribution in [0.15, 0.2) is 42.7 Å². The first-order valence-corrected chi connectivity index (χ1v) is 9.43. The third-order valence-electron chi connectivity index (χ3n) is 5.03. The minimum Gasteiger partial charge on any atom is -0.368 e. The Morgan fingerprint density at radius 3 is 2.54 bits per heavy atom. The van der Waals surface area contributed by atoms with Gasteiger partial charge < -0.3 is 14.7 Å². The molecule has 1 aromatic carbocycles. The first-order chi connectivity index (χ1) is 12.6. The van der Waals surface area contributed by atoms with Gasteiger partial charge in [-0.25, -0.2) is 0 Å². The van der Waals surface area contributed by atoms with E-state index in [9.17, 15) is 4.79 Å². The average molecular weight is 352 g/mol. The number of rotatable bonds is 5. The Labute approximate surface area is 156 Å². The van der Waals surface area contributed by atoms with Gasteiger partial charge in [-0.2, -0.15) is 0 Å². The van der Waals surface area contributed by atoms with E-state index in [0.717, 1.165) is 49.7 Å². The molecule has 0 unspecified atom stereocenters. The van der Waals surface area contributed by atoms with Crippen LogP contribution in [0, 0.1) is 6.92 Å². The second-order valence-electron chi connectivity index (χ2n) is 6.74. The number of carbonyl (C=O) groups excluding carboxylic acids is 1. The molecule has 2 heterocycles. The van der Waals surface area contributed by atoms with E-state index in [1.165, 1.54) is 0 Å². The Balaban J connectivity index is 1.79. The molecule has 0 bridgehead atoms. The molecule has 138 valence electrons. The highest BCUT2D eigenvalue weighted by molar-refractivity contribution is 6.06. The number of piperazine rings is 1. The van der Waals surface area contributed by atoms with Gasteiger partial charge in [0.1, 0.15) is 0 Å². The highest BCUT2D eigenvalue weighted by atomic mass is 16.2. The zero-order valence-electron chi connectivity index (χ0n) is 16.0. The third kappa shape index (κ3) is 4.05. The summed E-state index contributed by atoms with van der Waals surface area (Å²) in [6, 6.07) is 10.0. The molecule has 1 fully saturated rings. The number of nitrogens with zero attached hydrogens (tertiary/aromatic N) is 4. The highest BCUT2D eigenvalue weighted by Crippen LogP contribution is 2.21. The lowest BCUT2D eigenvalue weighted by atomic mass is 10.1. The molecule has 0 saturated carbocycles. The van der Waals surface area contributed by atoms with Crippen LogP contribution in [0.1, 0.15) is 29.8 Å². The molecule has 1 aliphatic rings. The van der Waals surface area contributed by atoms with Gasteiger partial charge in [-0.3, -0.25) is 9.78 Å². The molecule has 0 atom stereocenters. The second-order valence-corrected chi connectivity index (χ2v) is 6.74. The van der Waals surface area contributed by atoms with Gasteiger partial charge in [0.25, 0.3) is 5.91 Å². The van der Waals surface area contributed by atoms with Crippen molar-refractivity contribution < 1.29 is 4.79 Å². The van der Waals surface area contributed by atoms with Crippen LogP contribution in [0.25, 0.3) is 0 Å². The first-order valence-electron chi connectivity index (χ1n) is 9.43. The summed E-state index contributed by atoms with van der Waals surface area (Å²) in [6.07, 6.45) is 3.54. The number of carbonyl (C=O) groups is 1. The topological polar surface area (TPSA) is 39.7 Å². The molecular weight excluding hydrogens is 324 g/mol. The Morgan fingerprint density at radius 2 is 1.88 bits per heavy atom. The van der Waals surface area contributed by atoms with Crippen molar-refractivity contribution in [1.82, 2.24) is 9.88 Å². The number of aryl methyl sites for hydroxylation is 1. The number of hydrogen-bond donors (Lipinski definition) is 0. The van der Waals surface area contributed by atoms with Gasteiger partial charge in [0.05, 0.1) is 17.4 Å². The summed E-state index contributed by atoms with van der Waals surface area (Å²) >= 11 is 0. The predicted molar refractivity (Wildman–Crippen MR) is 107 cm³/mol. The zero-order chi connectivity index (χ0) is 18.5. The molecule has 0 aliphatic carbocycles. The highest BCUT2D eigenvalue weighted by Gasteiger charge is 2.20. The van der Waals surface area contributed by atoms with E-state index < -0.39 is 0 Å². The van der Waals surface area contributed by atoms with E-state index in [1.807, 2.05) is 55.3 Å². The van der Waals surface area contributed by atoms with Crippen molar-refractivity contribution in [1.29, 1.82) is 0 Å². The molecule has 26 heavy (non-hydrogen) atoms. The Bertz CT molecular complexity index is 753. The van der Waals surface area contributed by atoms with Gasteiger partial charge in [-0.15, -0.1) is 0 Å². The van der Waals surface area contributed by atoms with Gasteiger partial charge in [-0.1, -0.05) is 19.1 Å². The largest absolute Gasteiger partial charge is 0.368 e. The fourth-order valence-electron chi connectivity index (χ4n) is 3.44. The van der Waals surface area contributed by atoms with E-state index in [0.29, 0.717) is 12.1 Å². The molecule has 1 saturated heterocycles. The van der Waals surface area contributed by atoms with Gasteiger partial charge >= 0.3 is 0 Å². The number of amides is 1. The number of hydrogen-bond acceptors (Lipinski definition) is 4. The molecule has 5 heteroatoms. The van der Waals surface area contributed by atoms with Gasteiger partial charge in [0, 0.05) is 44.6 Å². The standard InChI is InChI=1S/C21H28N4O/c1-4-23-9-11-24(12-10-23)20-14-18(15-22-16-20)21(26)25(5-2)19-8-6-7-17(3)13-19/h6-8,13-16H,4-5,9-12H2,1-3H3. The van der Waals surface area contributed by atoms with E-state index in [-0.39, 0.29) is 5.91 Å². The molecular formula is C21H28N4O. The van der Waals surface area contributed by atoms with Crippen molar-refractivity contribution >= 4 is 17.3 Å². The summed E-state index contributed by atoms with van der Waals surface area (Å²) in [5.74, 6) is -0.000329. The molecule has 3 rings (SSSR count). The van der Waals surface area contributed by atoms with Crippen LogP contribution in [0.5, 0.6) is 0 Å². The van der Waals surface area contributed by atoms with Gasteiger partial charge in [0.2, 0.25) is 0 Å². The first kappa shape index (κ1) is 18.4. The SMILES string of the molecule is CCN1CCN(c2cncc(C(=O)N(CC)c3cccc(C)c3)c2)CC1. The molecule has 0 N–H and O–H groups in total. The number of benzene rings is 1. The van der Waals surface area contributed by atoms with Crippen LogP contribution in [-0.2, 0) is 0 Å². The molecule has 2 aromatic rings. The van der Waals surface area contributed by atoms with Crippen LogP contribution in [0.4, 0.5) is 11.4 Å². The predicted octanol–water partition coefficient (Wildman–Crippen LogP) is 3.20. The number of aromatic nitrogens is 1. The van der Waals surface area contributed by atoms with Crippen LogP contribution < -0.4 is 9.80 Å². The Morgan fingerprint density at radius 1 is 1.12 bits per heavy atom. The summed E-state index contributed by atoms with van der Waals surface area (Å²) in [5, 5.41) is 0. The molecule has 5 nitrogen and oxygen atoms in total. The summed E-state index contributed by atoms with van der Waals surface area (Å²) in [6.45, 7) is 12.0. The van der Waals surface area contributed by atoms with Crippen LogP contribution in [-0.4, -0.2) is 55.1 Å².